The van der Waals surface area contributed by atoms with E-state index in [1.54, 1.807) is 6.92 Å². The van der Waals surface area contributed by atoms with E-state index >= 15 is 0 Å². The van der Waals surface area contributed by atoms with Crippen LogP contribution in [-0.2, 0) is 28.0 Å². The Hall–Kier alpha value is -3.91. The molecular weight excluding hydrogens is 470 g/mol. The third-order valence-corrected chi connectivity index (χ3v) is 7.05. The van der Waals surface area contributed by atoms with Crippen LogP contribution in [0.15, 0.2) is 75.9 Å². The summed E-state index contributed by atoms with van der Waals surface area (Å²) in [4.78, 5) is 40.2. The molecule has 2 heterocycles. The lowest BCUT2D eigenvalue weighted by molar-refractivity contribution is -0.128. The standard InChI is InChI=1S/C29H33N3O5/c1-20-16-24(33)26(35)27(37-20)29(12-14-32(15-13-29)19-22-10-6-3-7-11-22)18-25(34)31-23(28(30)36)17-21-8-4-2-5-9-21/h2-11,16,23,35H,12-15,17-19H2,1H3,(H2,30,36)(H,31,34)/t23-/m0/s1. The predicted octanol–water partition coefficient (Wildman–Crippen LogP) is 2.79. The molecule has 0 aliphatic carbocycles. The molecule has 8 nitrogen and oxygen atoms in total. The fraction of sp³-hybridized carbons (Fsp3) is 0.345. The summed E-state index contributed by atoms with van der Waals surface area (Å²) in [6.45, 7) is 3.68. The number of benzene rings is 2. The minimum Gasteiger partial charge on any atom is -0.502 e. The van der Waals surface area contributed by atoms with Crippen molar-refractivity contribution in [1.29, 1.82) is 0 Å². The first-order valence-electron chi connectivity index (χ1n) is 12.5. The van der Waals surface area contributed by atoms with Crippen LogP contribution in [0.3, 0.4) is 0 Å². The van der Waals surface area contributed by atoms with Crippen molar-refractivity contribution < 1.29 is 19.1 Å². The zero-order valence-corrected chi connectivity index (χ0v) is 21.0. The number of carbonyl (C=O) groups excluding carboxylic acids is 2. The first-order valence-corrected chi connectivity index (χ1v) is 12.5. The normalized spacial score (nSPS) is 16.1. The zero-order valence-electron chi connectivity index (χ0n) is 21.0. The van der Waals surface area contributed by atoms with Gasteiger partial charge in [-0.1, -0.05) is 60.7 Å². The first kappa shape index (κ1) is 26.2. The van der Waals surface area contributed by atoms with Crippen molar-refractivity contribution in [3.63, 3.8) is 0 Å². The summed E-state index contributed by atoms with van der Waals surface area (Å²) in [5.41, 5.74) is 6.22. The van der Waals surface area contributed by atoms with Crippen LogP contribution < -0.4 is 16.5 Å². The molecule has 1 aliphatic rings. The number of primary amides is 1. The monoisotopic (exact) mass is 503 g/mol. The molecule has 2 amide bonds. The van der Waals surface area contributed by atoms with Gasteiger partial charge in [0.05, 0.1) is 0 Å². The number of piperidine rings is 1. The lowest BCUT2D eigenvalue weighted by Gasteiger charge is -2.41. The van der Waals surface area contributed by atoms with Crippen molar-refractivity contribution in [1.82, 2.24) is 10.2 Å². The smallest absolute Gasteiger partial charge is 0.240 e. The average Bonchev–Trinajstić information content (AvgIpc) is 2.88. The van der Waals surface area contributed by atoms with Crippen LogP contribution in [0.25, 0.3) is 0 Å². The van der Waals surface area contributed by atoms with Gasteiger partial charge in [0.2, 0.25) is 23.0 Å². The Morgan fingerprint density at radius 1 is 1.05 bits per heavy atom. The summed E-state index contributed by atoms with van der Waals surface area (Å²) in [6.07, 6.45) is 1.20. The van der Waals surface area contributed by atoms with Crippen LogP contribution in [0.2, 0.25) is 0 Å². The van der Waals surface area contributed by atoms with Crippen LogP contribution in [0.1, 0.15) is 41.9 Å². The van der Waals surface area contributed by atoms with Gasteiger partial charge in [-0.2, -0.15) is 0 Å². The molecule has 37 heavy (non-hydrogen) atoms. The number of hydrogen-bond acceptors (Lipinski definition) is 6. The second kappa shape index (κ2) is 11.4. The summed E-state index contributed by atoms with van der Waals surface area (Å²) in [6, 6.07) is 19.8. The number of aromatic hydroxyl groups is 1. The van der Waals surface area contributed by atoms with Gasteiger partial charge in [0.15, 0.2) is 5.76 Å². The van der Waals surface area contributed by atoms with Gasteiger partial charge in [0.1, 0.15) is 11.8 Å². The molecule has 0 bridgehead atoms. The minimum absolute atomic E-state index is 0.0509. The maximum atomic E-state index is 13.3. The highest BCUT2D eigenvalue weighted by Gasteiger charge is 2.43. The van der Waals surface area contributed by atoms with Crippen molar-refractivity contribution in [2.75, 3.05) is 13.1 Å². The largest absolute Gasteiger partial charge is 0.502 e. The lowest BCUT2D eigenvalue weighted by atomic mass is 9.72. The van der Waals surface area contributed by atoms with E-state index in [2.05, 4.69) is 22.3 Å². The van der Waals surface area contributed by atoms with Crippen LogP contribution in [0.5, 0.6) is 5.75 Å². The number of nitrogens with two attached hydrogens (primary N) is 1. The van der Waals surface area contributed by atoms with Crippen LogP contribution >= 0.6 is 0 Å². The zero-order chi connectivity index (χ0) is 26.4. The highest BCUT2D eigenvalue weighted by atomic mass is 16.4. The van der Waals surface area contributed by atoms with Gasteiger partial charge in [-0.3, -0.25) is 19.3 Å². The van der Waals surface area contributed by atoms with E-state index in [-0.39, 0.29) is 24.5 Å². The van der Waals surface area contributed by atoms with E-state index in [0.717, 1.165) is 12.1 Å². The van der Waals surface area contributed by atoms with Gasteiger partial charge in [0, 0.05) is 30.9 Å². The van der Waals surface area contributed by atoms with E-state index < -0.39 is 28.5 Å². The van der Waals surface area contributed by atoms with E-state index in [9.17, 15) is 19.5 Å². The van der Waals surface area contributed by atoms with Gasteiger partial charge in [-0.05, 0) is 44.0 Å². The van der Waals surface area contributed by atoms with E-state index in [4.69, 9.17) is 10.2 Å². The number of nitrogens with one attached hydrogen (secondary N) is 1. The topological polar surface area (TPSA) is 126 Å². The van der Waals surface area contributed by atoms with Crippen molar-refractivity contribution in [2.45, 2.75) is 50.6 Å². The van der Waals surface area contributed by atoms with Gasteiger partial charge in [-0.25, -0.2) is 0 Å². The van der Waals surface area contributed by atoms with Crippen LogP contribution in [0, 0.1) is 6.92 Å². The van der Waals surface area contributed by atoms with Crippen LogP contribution in [-0.4, -0.2) is 41.0 Å². The molecule has 1 fully saturated rings. The minimum atomic E-state index is -0.901. The second-order valence-electron chi connectivity index (χ2n) is 9.83. The average molecular weight is 504 g/mol. The Morgan fingerprint density at radius 2 is 1.65 bits per heavy atom. The molecule has 0 radical (unpaired) electrons. The fourth-order valence-corrected chi connectivity index (χ4v) is 5.05. The summed E-state index contributed by atoms with van der Waals surface area (Å²) in [7, 11) is 0. The molecule has 0 unspecified atom stereocenters. The lowest BCUT2D eigenvalue weighted by Crippen LogP contribution is -2.50. The molecule has 2 aromatic carbocycles. The van der Waals surface area contributed by atoms with E-state index in [0.29, 0.717) is 31.7 Å². The highest BCUT2D eigenvalue weighted by molar-refractivity contribution is 5.87. The number of hydrogen-bond donors (Lipinski definition) is 3. The molecule has 1 aromatic heterocycles. The van der Waals surface area contributed by atoms with Gasteiger partial charge < -0.3 is 20.6 Å². The summed E-state index contributed by atoms with van der Waals surface area (Å²) < 4.78 is 5.89. The maximum absolute atomic E-state index is 13.3. The predicted molar refractivity (Wildman–Crippen MR) is 140 cm³/mol. The maximum Gasteiger partial charge on any atom is 0.240 e. The molecule has 1 aliphatic heterocycles. The SMILES string of the molecule is Cc1cc(=O)c(O)c(C2(CC(=O)N[C@@H](Cc3ccccc3)C(N)=O)CCN(Cc3ccccc3)CC2)o1. The van der Waals surface area contributed by atoms with E-state index in [1.165, 1.54) is 11.6 Å². The Bertz CT molecular complexity index is 1280. The summed E-state index contributed by atoms with van der Waals surface area (Å²) >= 11 is 0. The summed E-state index contributed by atoms with van der Waals surface area (Å²) in [5.74, 6) is -0.992. The molecule has 1 atom stereocenters. The van der Waals surface area contributed by atoms with Crippen molar-refractivity contribution >= 4 is 11.8 Å². The molecule has 194 valence electrons. The number of nitrogens with zero attached hydrogens (tertiary/aromatic N) is 1. The van der Waals surface area contributed by atoms with Gasteiger partial charge >= 0.3 is 0 Å². The van der Waals surface area contributed by atoms with Crippen LogP contribution in [0.4, 0.5) is 0 Å². The Labute approximate surface area is 216 Å². The molecule has 8 heteroatoms. The quantitative estimate of drug-likeness (QED) is 0.412. The molecule has 3 aromatic rings. The summed E-state index contributed by atoms with van der Waals surface area (Å²) in [5, 5.41) is 13.5. The molecule has 4 N–H and O–H groups in total. The highest BCUT2D eigenvalue weighted by Crippen LogP contribution is 2.42. The number of amides is 2. The fourth-order valence-electron chi connectivity index (χ4n) is 5.05. The number of rotatable bonds is 9. The van der Waals surface area contributed by atoms with Crippen molar-refractivity contribution in [2.24, 2.45) is 5.73 Å². The number of aryl methyl sites for hydroxylation is 1. The third-order valence-electron chi connectivity index (χ3n) is 7.05. The van der Waals surface area contributed by atoms with Crippen molar-refractivity contribution in [3.05, 3.63) is 99.6 Å². The molecule has 1 saturated heterocycles. The third kappa shape index (κ3) is 6.46. The Morgan fingerprint density at radius 3 is 2.24 bits per heavy atom. The van der Waals surface area contributed by atoms with Gasteiger partial charge in [0.25, 0.3) is 0 Å². The Kier molecular flexibility index (Phi) is 8.08. The number of carbonyl (C=O) groups is 2. The Balaban J connectivity index is 1.55. The van der Waals surface area contributed by atoms with Crippen molar-refractivity contribution in [3.8, 4) is 5.75 Å². The number of likely N-dealkylation sites (tertiary alicyclic amines) is 1. The molecule has 0 spiro atoms. The van der Waals surface area contributed by atoms with E-state index in [1.807, 2.05) is 48.5 Å². The van der Waals surface area contributed by atoms with Gasteiger partial charge in [-0.15, -0.1) is 0 Å². The second-order valence-corrected chi connectivity index (χ2v) is 9.83. The molecular formula is C29H33N3O5. The molecule has 4 rings (SSSR count). The molecule has 0 saturated carbocycles. The first-order chi connectivity index (χ1) is 17.8.